The van der Waals surface area contributed by atoms with Crippen molar-refractivity contribution in [2.24, 2.45) is 5.92 Å². The number of rotatable bonds is 6. The first kappa shape index (κ1) is 17.9. The van der Waals surface area contributed by atoms with Crippen LogP contribution in [0.1, 0.15) is 20.8 Å². The zero-order valence-corrected chi connectivity index (χ0v) is 13.7. The van der Waals surface area contributed by atoms with Gasteiger partial charge in [0, 0.05) is 30.5 Å². The third-order valence-corrected chi connectivity index (χ3v) is 3.63. The van der Waals surface area contributed by atoms with Crippen molar-refractivity contribution in [3.8, 4) is 11.5 Å². The van der Waals surface area contributed by atoms with Crippen LogP contribution in [0.3, 0.4) is 0 Å². The van der Waals surface area contributed by atoms with Gasteiger partial charge in [0.15, 0.2) is 0 Å². The quantitative estimate of drug-likeness (QED) is 0.564. The Labute approximate surface area is 138 Å². The van der Waals surface area contributed by atoms with Crippen molar-refractivity contribution < 1.29 is 23.2 Å². The zero-order valence-electron chi connectivity index (χ0n) is 13.7. The second kappa shape index (κ2) is 6.98. The van der Waals surface area contributed by atoms with E-state index in [1.807, 2.05) is 0 Å². The fraction of sp³-hybridized carbons (Fsp3) is 0.412. The summed E-state index contributed by atoms with van der Waals surface area (Å²) in [5.41, 5.74) is -0.196. The number of alkyl halides is 2. The van der Waals surface area contributed by atoms with E-state index in [4.69, 9.17) is 9.47 Å². The van der Waals surface area contributed by atoms with Crippen molar-refractivity contribution in [2.75, 3.05) is 6.61 Å². The molecule has 130 valence electrons. The summed E-state index contributed by atoms with van der Waals surface area (Å²) in [6, 6.07) is 4.21. The predicted molar refractivity (Wildman–Crippen MR) is 85.7 cm³/mol. The first-order chi connectivity index (χ1) is 11.2. The summed E-state index contributed by atoms with van der Waals surface area (Å²) >= 11 is 0. The van der Waals surface area contributed by atoms with Crippen LogP contribution in [-0.2, 0) is 0 Å². The van der Waals surface area contributed by atoms with Gasteiger partial charge in [-0.3, -0.25) is 10.1 Å². The van der Waals surface area contributed by atoms with Gasteiger partial charge in [0.05, 0.1) is 11.5 Å². The van der Waals surface area contributed by atoms with Gasteiger partial charge in [-0.2, -0.15) is 0 Å². The lowest BCUT2D eigenvalue weighted by Crippen LogP contribution is -2.26. The first-order valence-electron chi connectivity index (χ1n) is 7.58. The maximum atomic E-state index is 13.4. The summed E-state index contributed by atoms with van der Waals surface area (Å²) in [4.78, 5) is 10.4. The molecule has 0 saturated carbocycles. The molecule has 0 aromatic heterocycles. The van der Waals surface area contributed by atoms with Crippen LogP contribution in [0, 0.1) is 16.0 Å². The second-order valence-electron chi connectivity index (χ2n) is 5.63. The molecule has 1 aromatic carbocycles. The molecule has 0 radical (unpaired) electrons. The van der Waals surface area contributed by atoms with E-state index in [0.717, 1.165) is 6.92 Å². The molecule has 0 N–H and O–H groups in total. The molecular weight excluding hydrogens is 320 g/mol. The Hall–Kier alpha value is -2.44. The van der Waals surface area contributed by atoms with Gasteiger partial charge in [0.2, 0.25) is 5.75 Å². The van der Waals surface area contributed by atoms with E-state index in [9.17, 15) is 18.9 Å². The third kappa shape index (κ3) is 4.10. The third-order valence-electron chi connectivity index (χ3n) is 3.63. The van der Waals surface area contributed by atoms with Crippen LogP contribution in [0.4, 0.5) is 14.5 Å². The number of nitro benzene ring substituents is 1. The van der Waals surface area contributed by atoms with E-state index in [1.165, 1.54) is 30.4 Å². The van der Waals surface area contributed by atoms with E-state index in [1.54, 1.807) is 19.9 Å². The van der Waals surface area contributed by atoms with E-state index in [0.29, 0.717) is 5.75 Å². The zero-order chi connectivity index (χ0) is 17.9. The van der Waals surface area contributed by atoms with E-state index in [2.05, 4.69) is 0 Å². The summed E-state index contributed by atoms with van der Waals surface area (Å²) in [6.07, 6.45) is 3.95. The smallest absolute Gasteiger partial charge is 0.311 e. The number of halogens is 2. The van der Waals surface area contributed by atoms with Crippen molar-refractivity contribution in [2.45, 2.75) is 32.8 Å². The minimum Gasteiger partial charge on any atom is -0.487 e. The monoisotopic (exact) mass is 339 g/mol. The van der Waals surface area contributed by atoms with Crippen molar-refractivity contribution in [3.63, 3.8) is 0 Å². The van der Waals surface area contributed by atoms with Gasteiger partial charge < -0.3 is 9.47 Å². The number of ether oxygens (including phenoxy) is 2. The van der Waals surface area contributed by atoms with Crippen LogP contribution in [0.15, 0.2) is 42.0 Å². The maximum absolute atomic E-state index is 13.4. The topological polar surface area (TPSA) is 61.6 Å². The molecule has 5 nitrogen and oxygen atoms in total. The Balaban J connectivity index is 2.18. The second-order valence-corrected chi connectivity index (χ2v) is 5.63. The van der Waals surface area contributed by atoms with Crippen molar-refractivity contribution in [1.29, 1.82) is 0 Å². The normalized spacial score (nSPS) is 20.5. The molecule has 0 heterocycles. The van der Waals surface area contributed by atoms with Crippen molar-refractivity contribution in [1.82, 2.24) is 0 Å². The van der Waals surface area contributed by atoms with Crippen LogP contribution in [0.25, 0.3) is 0 Å². The average molecular weight is 339 g/mol. The Morgan fingerprint density at radius 1 is 1.38 bits per heavy atom. The number of allylic oxidation sites excluding steroid dienone is 2. The number of nitro groups is 1. The lowest BCUT2D eigenvalue weighted by molar-refractivity contribution is -0.385. The van der Waals surface area contributed by atoms with Gasteiger partial charge in [-0.15, -0.1) is 0 Å². The van der Waals surface area contributed by atoms with Gasteiger partial charge in [0.1, 0.15) is 11.9 Å². The largest absolute Gasteiger partial charge is 0.487 e. The van der Waals surface area contributed by atoms with E-state index < -0.39 is 16.9 Å². The standard InChI is InChI=1S/C17H19F2NO4/c1-4-23-16-10-13(6-7-14(16)20(21)22)24-15-8-5-12(9-11(15)2)17(3,18)19/h5-11,15H,4H2,1-3H3. The highest BCUT2D eigenvalue weighted by molar-refractivity contribution is 5.50. The summed E-state index contributed by atoms with van der Waals surface area (Å²) in [5, 5.41) is 11.0. The highest BCUT2D eigenvalue weighted by Gasteiger charge is 2.30. The van der Waals surface area contributed by atoms with E-state index in [-0.39, 0.29) is 29.5 Å². The summed E-state index contributed by atoms with van der Waals surface area (Å²) in [6.45, 7) is 4.62. The molecule has 0 amide bonds. The molecule has 2 atom stereocenters. The molecule has 1 aliphatic rings. The van der Waals surface area contributed by atoms with Gasteiger partial charge in [-0.1, -0.05) is 19.1 Å². The highest BCUT2D eigenvalue weighted by Crippen LogP contribution is 2.34. The molecular formula is C17H19F2NO4. The molecule has 2 rings (SSSR count). The lowest BCUT2D eigenvalue weighted by Gasteiger charge is -2.26. The molecule has 2 unspecified atom stereocenters. The lowest BCUT2D eigenvalue weighted by atomic mass is 9.92. The molecule has 0 bridgehead atoms. The Morgan fingerprint density at radius 3 is 2.62 bits per heavy atom. The Bertz CT molecular complexity index is 680. The van der Waals surface area contributed by atoms with Gasteiger partial charge in [-0.05, 0) is 19.1 Å². The van der Waals surface area contributed by atoms with E-state index >= 15 is 0 Å². The number of benzene rings is 1. The van der Waals surface area contributed by atoms with Crippen LogP contribution >= 0.6 is 0 Å². The van der Waals surface area contributed by atoms with Crippen molar-refractivity contribution >= 4 is 5.69 Å². The molecule has 7 heteroatoms. The predicted octanol–water partition coefficient (Wildman–Crippen LogP) is 4.53. The maximum Gasteiger partial charge on any atom is 0.311 e. The van der Waals surface area contributed by atoms with Crippen LogP contribution < -0.4 is 9.47 Å². The SMILES string of the molecule is CCOc1cc(OC2C=CC(C(C)(F)F)=CC2C)ccc1[N+](=O)[O-]. The summed E-state index contributed by atoms with van der Waals surface area (Å²) < 4.78 is 37.7. The van der Waals surface area contributed by atoms with Crippen molar-refractivity contribution in [3.05, 3.63) is 52.1 Å². The first-order valence-corrected chi connectivity index (χ1v) is 7.58. The molecule has 24 heavy (non-hydrogen) atoms. The minimum absolute atomic E-state index is 0.0476. The number of hydrogen-bond acceptors (Lipinski definition) is 4. The van der Waals surface area contributed by atoms with Gasteiger partial charge in [-0.25, -0.2) is 8.78 Å². The summed E-state index contributed by atoms with van der Waals surface area (Å²) in [7, 11) is 0. The highest BCUT2D eigenvalue weighted by atomic mass is 19.3. The number of nitrogens with zero attached hydrogens (tertiary/aromatic N) is 1. The number of hydrogen-bond donors (Lipinski definition) is 0. The molecule has 0 aliphatic heterocycles. The van der Waals surface area contributed by atoms with Gasteiger partial charge in [0.25, 0.3) is 5.92 Å². The molecule has 0 fully saturated rings. The fourth-order valence-electron chi connectivity index (χ4n) is 2.39. The average Bonchev–Trinajstić information content (AvgIpc) is 2.48. The molecule has 1 aromatic rings. The van der Waals surface area contributed by atoms with Gasteiger partial charge >= 0.3 is 5.69 Å². The van der Waals surface area contributed by atoms with Crippen LogP contribution in [0.2, 0.25) is 0 Å². The summed E-state index contributed by atoms with van der Waals surface area (Å²) in [5.74, 6) is -2.67. The molecule has 0 spiro atoms. The molecule has 0 saturated heterocycles. The fourth-order valence-corrected chi connectivity index (χ4v) is 2.39. The van der Waals surface area contributed by atoms with Crippen LogP contribution in [-0.4, -0.2) is 23.6 Å². The Morgan fingerprint density at radius 2 is 2.08 bits per heavy atom. The minimum atomic E-state index is -2.90. The Kier molecular flexibility index (Phi) is 5.21. The van der Waals surface area contributed by atoms with Crippen LogP contribution in [0.5, 0.6) is 11.5 Å². The molecule has 1 aliphatic carbocycles.